The molecule has 122 valence electrons. The fourth-order valence-corrected chi connectivity index (χ4v) is 4.17. The van der Waals surface area contributed by atoms with Crippen LogP contribution in [0.5, 0.6) is 0 Å². The summed E-state index contributed by atoms with van der Waals surface area (Å²) < 4.78 is 0. The van der Waals surface area contributed by atoms with Crippen LogP contribution in [-0.4, -0.2) is 23.1 Å². The summed E-state index contributed by atoms with van der Waals surface area (Å²) in [6.07, 6.45) is 5.38. The largest absolute Gasteiger partial charge is 0.326 e. The van der Waals surface area contributed by atoms with Crippen molar-refractivity contribution in [2.75, 3.05) is 12.3 Å². The standard InChI is InChI=1S/C19H29NOS/c1-4-5-6-7-8-18(21)20-13-14-22-19(20)17-11-9-16(10-12-17)15(2)3/h9-12,15,19H,4-8,13-14H2,1-3H3/t19-/m1/s1. The summed E-state index contributed by atoms with van der Waals surface area (Å²) in [6.45, 7) is 7.53. The van der Waals surface area contributed by atoms with Crippen LogP contribution in [0.3, 0.4) is 0 Å². The third-order valence-electron chi connectivity index (χ3n) is 4.34. The van der Waals surface area contributed by atoms with E-state index in [9.17, 15) is 4.79 Å². The van der Waals surface area contributed by atoms with E-state index in [1.54, 1.807) is 0 Å². The van der Waals surface area contributed by atoms with Crippen molar-refractivity contribution in [3.05, 3.63) is 35.4 Å². The number of unbranched alkanes of at least 4 members (excludes halogenated alkanes) is 3. The number of hydrogen-bond donors (Lipinski definition) is 0. The second-order valence-corrected chi connectivity index (χ2v) is 7.63. The number of carbonyl (C=O) groups is 1. The van der Waals surface area contributed by atoms with Gasteiger partial charge in [0.25, 0.3) is 0 Å². The van der Waals surface area contributed by atoms with Crippen LogP contribution in [0.1, 0.15) is 75.3 Å². The maximum absolute atomic E-state index is 12.5. The fourth-order valence-electron chi connectivity index (χ4n) is 2.89. The monoisotopic (exact) mass is 319 g/mol. The first-order valence-corrected chi connectivity index (χ1v) is 9.69. The third kappa shape index (κ3) is 4.52. The van der Waals surface area contributed by atoms with Crippen molar-refractivity contribution in [1.82, 2.24) is 4.90 Å². The van der Waals surface area contributed by atoms with Gasteiger partial charge in [-0.15, -0.1) is 11.8 Å². The van der Waals surface area contributed by atoms with E-state index in [0.717, 1.165) is 18.7 Å². The average molecular weight is 320 g/mol. The van der Waals surface area contributed by atoms with E-state index in [1.807, 2.05) is 11.8 Å². The van der Waals surface area contributed by atoms with Gasteiger partial charge in [-0.05, 0) is 23.5 Å². The number of rotatable bonds is 7. The summed E-state index contributed by atoms with van der Waals surface area (Å²) in [5.74, 6) is 1.94. The van der Waals surface area contributed by atoms with E-state index in [-0.39, 0.29) is 5.37 Å². The van der Waals surface area contributed by atoms with Gasteiger partial charge in [0.1, 0.15) is 5.37 Å². The highest BCUT2D eigenvalue weighted by molar-refractivity contribution is 7.99. The molecular weight excluding hydrogens is 290 g/mol. The molecule has 22 heavy (non-hydrogen) atoms. The zero-order valence-corrected chi connectivity index (χ0v) is 15.0. The molecular formula is C19H29NOS. The molecule has 2 nitrogen and oxygen atoms in total. The van der Waals surface area contributed by atoms with Gasteiger partial charge in [0.05, 0.1) is 0 Å². The molecule has 0 radical (unpaired) electrons. The van der Waals surface area contributed by atoms with Crippen LogP contribution in [-0.2, 0) is 4.79 Å². The van der Waals surface area contributed by atoms with Gasteiger partial charge < -0.3 is 4.90 Å². The van der Waals surface area contributed by atoms with Crippen LogP contribution in [0.25, 0.3) is 0 Å². The van der Waals surface area contributed by atoms with Crippen molar-refractivity contribution >= 4 is 17.7 Å². The zero-order valence-electron chi connectivity index (χ0n) is 14.2. The zero-order chi connectivity index (χ0) is 15.9. The summed E-state index contributed by atoms with van der Waals surface area (Å²) in [5, 5.41) is 0.222. The first kappa shape index (κ1) is 17.4. The van der Waals surface area contributed by atoms with Gasteiger partial charge >= 0.3 is 0 Å². The Morgan fingerprint density at radius 3 is 2.59 bits per heavy atom. The van der Waals surface area contributed by atoms with Crippen molar-refractivity contribution in [2.24, 2.45) is 0 Å². The molecule has 1 fully saturated rings. The topological polar surface area (TPSA) is 20.3 Å². The molecule has 0 saturated carbocycles. The molecule has 1 atom stereocenters. The van der Waals surface area contributed by atoms with Gasteiger partial charge in [0.2, 0.25) is 5.91 Å². The molecule has 1 heterocycles. The van der Waals surface area contributed by atoms with E-state index < -0.39 is 0 Å². The number of nitrogens with zero attached hydrogens (tertiary/aromatic N) is 1. The van der Waals surface area contributed by atoms with Crippen molar-refractivity contribution in [3.8, 4) is 0 Å². The molecule has 0 spiro atoms. The highest BCUT2D eigenvalue weighted by Gasteiger charge is 2.30. The molecule has 1 aliphatic heterocycles. The van der Waals surface area contributed by atoms with Crippen molar-refractivity contribution in [2.45, 2.75) is 64.2 Å². The van der Waals surface area contributed by atoms with Crippen molar-refractivity contribution in [3.63, 3.8) is 0 Å². The van der Waals surface area contributed by atoms with Gasteiger partial charge in [-0.3, -0.25) is 4.79 Å². The minimum atomic E-state index is 0.222. The molecule has 1 aromatic carbocycles. The van der Waals surface area contributed by atoms with Crippen LogP contribution in [0.4, 0.5) is 0 Å². The van der Waals surface area contributed by atoms with Gasteiger partial charge in [0, 0.05) is 18.7 Å². The third-order valence-corrected chi connectivity index (χ3v) is 5.60. The van der Waals surface area contributed by atoms with Crippen LogP contribution in [0.2, 0.25) is 0 Å². The normalized spacial score (nSPS) is 18.2. The summed E-state index contributed by atoms with van der Waals surface area (Å²) in [4.78, 5) is 14.6. The van der Waals surface area contributed by atoms with Crippen molar-refractivity contribution in [1.29, 1.82) is 0 Å². The average Bonchev–Trinajstić information content (AvgIpc) is 3.01. The molecule has 1 aliphatic rings. The second kappa shape index (κ2) is 8.61. The lowest BCUT2D eigenvalue weighted by atomic mass is 10.0. The first-order chi connectivity index (χ1) is 10.6. The Kier molecular flexibility index (Phi) is 6.81. The predicted octanol–water partition coefficient (Wildman–Crippen LogP) is 5.35. The van der Waals surface area contributed by atoms with Gasteiger partial charge in [-0.25, -0.2) is 0 Å². The molecule has 0 aromatic heterocycles. The molecule has 1 amide bonds. The summed E-state index contributed by atoms with van der Waals surface area (Å²) in [6, 6.07) is 8.83. The Bertz CT molecular complexity index is 469. The van der Waals surface area contributed by atoms with Gasteiger partial charge in [-0.2, -0.15) is 0 Å². The Balaban J connectivity index is 1.96. The van der Waals surface area contributed by atoms with E-state index in [0.29, 0.717) is 18.2 Å². The number of thioether (sulfide) groups is 1. The van der Waals surface area contributed by atoms with Crippen LogP contribution < -0.4 is 0 Å². The Morgan fingerprint density at radius 2 is 1.95 bits per heavy atom. The Hall–Kier alpha value is -0.960. The minimum absolute atomic E-state index is 0.222. The fraction of sp³-hybridized carbons (Fsp3) is 0.632. The highest BCUT2D eigenvalue weighted by atomic mass is 32.2. The minimum Gasteiger partial charge on any atom is -0.326 e. The molecule has 0 unspecified atom stereocenters. The van der Waals surface area contributed by atoms with Gasteiger partial charge in [-0.1, -0.05) is 64.3 Å². The molecule has 0 N–H and O–H groups in total. The summed E-state index contributed by atoms with van der Waals surface area (Å²) >= 11 is 1.89. The van der Waals surface area contributed by atoms with E-state index >= 15 is 0 Å². The molecule has 3 heteroatoms. The maximum atomic E-state index is 12.5. The summed E-state index contributed by atoms with van der Waals surface area (Å²) in [5.41, 5.74) is 2.64. The second-order valence-electron chi connectivity index (χ2n) is 6.44. The molecule has 2 rings (SSSR count). The smallest absolute Gasteiger partial charge is 0.223 e. The Morgan fingerprint density at radius 1 is 1.23 bits per heavy atom. The van der Waals surface area contributed by atoms with Crippen molar-refractivity contribution < 1.29 is 4.79 Å². The number of benzene rings is 1. The molecule has 1 aromatic rings. The van der Waals surface area contributed by atoms with E-state index in [4.69, 9.17) is 0 Å². The quantitative estimate of drug-likeness (QED) is 0.631. The predicted molar refractivity (Wildman–Crippen MR) is 96.2 cm³/mol. The Labute approximate surface area is 139 Å². The SMILES string of the molecule is CCCCCCC(=O)N1CCS[C@@H]1c1ccc(C(C)C)cc1. The molecule has 0 aliphatic carbocycles. The van der Waals surface area contributed by atoms with Gasteiger partial charge in [0.15, 0.2) is 0 Å². The number of amides is 1. The van der Waals surface area contributed by atoms with Crippen LogP contribution in [0.15, 0.2) is 24.3 Å². The summed E-state index contributed by atoms with van der Waals surface area (Å²) in [7, 11) is 0. The number of carbonyl (C=O) groups excluding carboxylic acids is 1. The highest BCUT2D eigenvalue weighted by Crippen LogP contribution is 2.38. The first-order valence-electron chi connectivity index (χ1n) is 8.64. The molecule has 1 saturated heterocycles. The lowest BCUT2D eigenvalue weighted by Crippen LogP contribution is -2.30. The molecule has 0 bridgehead atoms. The lowest BCUT2D eigenvalue weighted by Gasteiger charge is -2.24. The van der Waals surface area contributed by atoms with E-state index in [1.165, 1.54) is 30.4 Å². The van der Waals surface area contributed by atoms with Crippen LogP contribution >= 0.6 is 11.8 Å². The van der Waals surface area contributed by atoms with E-state index in [2.05, 4.69) is 49.9 Å². The lowest BCUT2D eigenvalue weighted by molar-refractivity contribution is -0.131. The maximum Gasteiger partial charge on any atom is 0.223 e. The number of hydrogen-bond acceptors (Lipinski definition) is 2. The van der Waals surface area contributed by atoms with Crippen LogP contribution in [0, 0.1) is 0 Å².